The van der Waals surface area contributed by atoms with Crippen molar-refractivity contribution >= 4 is 38.9 Å². The number of para-hydroxylation sites is 6. The molecule has 1 aromatic heterocycles. The molecule has 0 atom stereocenters. The van der Waals surface area contributed by atoms with Crippen molar-refractivity contribution in [2.45, 2.75) is 0 Å². The third-order valence-electron chi connectivity index (χ3n) is 6.64. The van der Waals surface area contributed by atoms with E-state index in [1.54, 1.807) is 0 Å². The van der Waals surface area contributed by atoms with Gasteiger partial charge in [0.1, 0.15) is 0 Å². The molecular formula is C38H38N4. The number of hydrogen-bond acceptors (Lipinski definition) is 3. The van der Waals surface area contributed by atoms with Crippen molar-refractivity contribution < 1.29 is 0 Å². The van der Waals surface area contributed by atoms with Gasteiger partial charge in [-0.25, -0.2) is 0 Å². The van der Waals surface area contributed by atoms with Crippen LogP contribution in [0, 0.1) is 0 Å². The molecule has 210 valence electrons. The maximum Gasteiger partial charge on any atom is 0.0541 e. The molecule has 0 unspecified atom stereocenters. The highest BCUT2D eigenvalue weighted by atomic mass is 15.1. The second-order valence-corrected chi connectivity index (χ2v) is 9.05. The number of aromatic nitrogens is 1. The molecule has 0 bridgehead atoms. The van der Waals surface area contributed by atoms with Gasteiger partial charge in [-0.15, -0.1) is 0 Å². The molecule has 1 heterocycles. The van der Waals surface area contributed by atoms with Crippen LogP contribution in [0.5, 0.6) is 0 Å². The molecule has 0 radical (unpaired) electrons. The number of hydrogen-bond donors (Lipinski definition) is 2. The normalized spacial score (nSPS) is 9.90. The Labute approximate surface area is 249 Å². The van der Waals surface area contributed by atoms with E-state index in [0.717, 1.165) is 0 Å². The summed E-state index contributed by atoms with van der Waals surface area (Å²) in [6.45, 7) is 0. The van der Waals surface area contributed by atoms with Crippen LogP contribution in [0.3, 0.4) is 0 Å². The Morgan fingerprint density at radius 1 is 0.357 bits per heavy atom. The van der Waals surface area contributed by atoms with Gasteiger partial charge in [0.2, 0.25) is 0 Å². The predicted octanol–water partition coefficient (Wildman–Crippen LogP) is 9.09. The van der Waals surface area contributed by atoms with Gasteiger partial charge in [0.05, 0.1) is 11.0 Å². The van der Waals surface area contributed by atoms with Crippen molar-refractivity contribution in [3.05, 3.63) is 170 Å². The smallest absolute Gasteiger partial charge is 0.0541 e. The Morgan fingerprint density at radius 2 is 0.643 bits per heavy atom. The predicted molar refractivity (Wildman–Crippen MR) is 182 cm³/mol. The van der Waals surface area contributed by atoms with E-state index in [4.69, 9.17) is 0 Å². The third kappa shape index (κ3) is 6.76. The second kappa shape index (κ2) is 15.6. The van der Waals surface area contributed by atoms with Crippen molar-refractivity contribution in [2.24, 2.45) is 11.5 Å². The van der Waals surface area contributed by atoms with Crippen molar-refractivity contribution in [1.82, 2.24) is 4.57 Å². The summed E-state index contributed by atoms with van der Waals surface area (Å²) in [6.07, 6.45) is 0. The number of anilines is 3. The first kappa shape index (κ1) is 29.8. The van der Waals surface area contributed by atoms with E-state index < -0.39 is 0 Å². The third-order valence-corrected chi connectivity index (χ3v) is 6.64. The number of rotatable bonds is 4. The van der Waals surface area contributed by atoms with E-state index in [1.165, 1.54) is 58.7 Å². The van der Waals surface area contributed by atoms with Crippen LogP contribution in [0.15, 0.2) is 170 Å². The molecule has 4 N–H and O–H groups in total. The number of nitrogens with two attached hydrogens (primary N) is 2. The SMILES string of the molecule is CN.CN.c1ccc(-n2c3ccccc3c3ccccc32)cc1.c1ccc(N(c2ccccc2)c2ccccc2)cc1. The van der Waals surface area contributed by atoms with E-state index in [-0.39, 0.29) is 0 Å². The molecule has 7 rings (SSSR count). The maximum atomic E-state index is 4.50. The zero-order valence-corrected chi connectivity index (χ0v) is 24.2. The van der Waals surface area contributed by atoms with E-state index in [9.17, 15) is 0 Å². The molecule has 0 aliphatic rings. The zero-order valence-electron chi connectivity index (χ0n) is 24.2. The molecule has 0 amide bonds. The van der Waals surface area contributed by atoms with Crippen LogP contribution >= 0.6 is 0 Å². The standard InChI is InChI=1S/C18H13N.C18H15N.2CH5N/c1-2-8-14(9-3-1)19-17-12-6-4-10-15(17)16-11-5-7-13-18(16)19;1-4-10-16(11-5-1)19(17-12-6-2-7-13-17)18-14-8-3-9-15-18;2*1-2/h1-13H;1-15H;2*2H2,1H3. The molecule has 4 heteroatoms. The monoisotopic (exact) mass is 550 g/mol. The topological polar surface area (TPSA) is 60.2 Å². The van der Waals surface area contributed by atoms with Crippen LogP contribution in [-0.4, -0.2) is 18.7 Å². The number of benzene rings is 6. The molecule has 4 nitrogen and oxygen atoms in total. The average molecular weight is 551 g/mol. The summed E-state index contributed by atoms with van der Waals surface area (Å²) < 4.78 is 2.32. The van der Waals surface area contributed by atoms with Crippen molar-refractivity contribution in [3.8, 4) is 5.69 Å². The van der Waals surface area contributed by atoms with Gasteiger partial charge >= 0.3 is 0 Å². The molecule has 7 aromatic rings. The fourth-order valence-corrected chi connectivity index (χ4v) is 4.96. The average Bonchev–Trinajstić information content (AvgIpc) is 3.43. The van der Waals surface area contributed by atoms with Crippen LogP contribution in [0.25, 0.3) is 27.5 Å². The van der Waals surface area contributed by atoms with Crippen LogP contribution in [0.4, 0.5) is 17.1 Å². The summed E-state index contributed by atoms with van der Waals surface area (Å²) in [5.41, 5.74) is 16.2. The van der Waals surface area contributed by atoms with Crippen molar-refractivity contribution in [1.29, 1.82) is 0 Å². The minimum Gasteiger partial charge on any atom is -0.333 e. The molecule has 6 aromatic carbocycles. The van der Waals surface area contributed by atoms with Gasteiger partial charge in [-0.3, -0.25) is 0 Å². The molecule has 0 spiro atoms. The number of fused-ring (bicyclic) bond motifs is 3. The highest BCUT2D eigenvalue weighted by Crippen LogP contribution is 2.34. The molecular weight excluding hydrogens is 512 g/mol. The lowest BCUT2D eigenvalue weighted by atomic mass is 10.2. The summed E-state index contributed by atoms with van der Waals surface area (Å²) in [4.78, 5) is 2.25. The molecule has 0 saturated heterocycles. The highest BCUT2D eigenvalue weighted by molar-refractivity contribution is 6.09. The molecule has 42 heavy (non-hydrogen) atoms. The lowest BCUT2D eigenvalue weighted by Gasteiger charge is -2.25. The first-order valence-electron chi connectivity index (χ1n) is 14.0. The van der Waals surface area contributed by atoms with Gasteiger partial charge in [0, 0.05) is 33.5 Å². The molecule has 0 saturated carbocycles. The van der Waals surface area contributed by atoms with E-state index in [0.29, 0.717) is 0 Å². The molecule has 0 aliphatic heterocycles. The van der Waals surface area contributed by atoms with Gasteiger partial charge in [-0.2, -0.15) is 0 Å². The Hall–Kier alpha value is -5.16. The van der Waals surface area contributed by atoms with Gasteiger partial charge < -0.3 is 20.9 Å². The van der Waals surface area contributed by atoms with Crippen molar-refractivity contribution in [3.63, 3.8) is 0 Å². The molecule has 0 fully saturated rings. The Bertz CT molecular complexity index is 1600. The second-order valence-electron chi connectivity index (χ2n) is 9.05. The summed E-state index contributed by atoms with van der Waals surface area (Å²) in [5, 5.41) is 2.61. The Kier molecular flexibility index (Phi) is 11.1. The molecule has 0 aliphatic carbocycles. The van der Waals surface area contributed by atoms with Gasteiger partial charge in [-0.05, 0) is 74.8 Å². The fourth-order valence-electron chi connectivity index (χ4n) is 4.96. The van der Waals surface area contributed by atoms with Gasteiger partial charge in [0.25, 0.3) is 0 Å². The van der Waals surface area contributed by atoms with E-state index in [1.807, 2.05) is 18.2 Å². The zero-order chi connectivity index (χ0) is 29.6. The Morgan fingerprint density at radius 3 is 1.00 bits per heavy atom. The van der Waals surface area contributed by atoms with E-state index >= 15 is 0 Å². The maximum absolute atomic E-state index is 4.50. The number of nitrogens with zero attached hydrogens (tertiary/aromatic N) is 2. The van der Waals surface area contributed by atoms with Crippen LogP contribution in [0.1, 0.15) is 0 Å². The van der Waals surface area contributed by atoms with Gasteiger partial charge in [-0.1, -0.05) is 109 Å². The lowest BCUT2D eigenvalue weighted by Crippen LogP contribution is -2.09. The minimum atomic E-state index is 1.17. The minimum absolute atomic E-state index is 1.17. The summed E-state index contributed by atoms with van der Waals surface area (Å²) in [6, 6.07) is 58.9. The van der Waals surface area contributed by atoms with Crippen LogP contribution < -0.4 is 16.4 Å². The first-order valence-corrected chi connectivity index (χ1v) is 14.0. The summed E-state index contributed by atoms with van der Waals surface area (Å²) in [7, 11) is 3.00. The highest BCUT2D eigenvalue weighted by Gasteiger charge is 2.11. The largest absolute Gasteiger partial charge is 0.333 e. The fraction of sp³-hybridized carbons (Fsp3) is 0.0526. The first-order chi connectivity index (χ1) is 20.9. The van der Waals surface area contributed by atoms with Crippen LogP contribution in [0.2, 0.25) is 0 Å². The van der Waals surface area contributed by atoms with Crippen LogP contribution in [-0.2, 0) is 0 Å². The van der Waals surface area contributed by atoms with Gasteiger partial charge in [0.15, 0.2) is 0 Å². The lowest BCUT2D eigenvalue weighted by molar-refractivity contribution is 1.18. The summed E-state index contributed by atoms with van der Waals surface area (Å²) in [5.74, 6) is 0. The van der Waals surface area contributed by atoms with Crippen molar-refractivity contribution in [2.75, 3.05) is 19.0 Å². The summed E-state index contributed by atoms with van der Waals surface area (Å²) >= 11 is 0. The quantitative estimate of drug-likeness (QED) is 0.230. The van der Waals surface area contributed by atoms with E-state index in [2.05, 4.69) is 173 Å². The Balaban J connectivity index is 0.000000173.